The third kappa shape index (κ3) is 2.06. The summed E-state index contributed by atoms with van der Waals surface area (Å²) in [4.78, 5) is 7.06. The van der Waals surface area contributed by atoms with Gasteiger partial charge in [-0.3, -0.25) is 5.10 Å². The van der Waals surface area contributed by atoms with Crippen molar-refractivity contribution in [2.45, 2.75) is 24.9 Å². The molecule has 6 heteroatoms. The molecule has 2 saturated heterocycles. The number of nitrogens with two attached hydrogens (primary N) is 1. The van der Waals surface area contributed by atoms with Crippen molar-refractivity contribution in [1.82, 2.24) is 15.2 Å². The van der Waals surface area contributed by atoms with E-state index in [9.17, 15) is 0 Å². The molecule has 6 nitrogen and oxygen atoms in total. The summed E-state index contributed by atoms with van der Waals surface area (Å²) in [6, 6.07) is 11.2. The molecule has 2 aliphatic rings. The lowest BCUT2D eigenvalue weighted by Gasteiger charge is -2.37. The van der Waals surface area contributed by atoms with Crippen LogP contribution in [0.4, 0.5) is 11.5 Å². The van der Waals surface area contributed by atoms with Crippen LogP contribution in [0.3, 0.4) is 0 Å². The van der Waals surface area contributed by atoms with Gasteiger partial charge in [0.15, 0.2) is 0 Å². The van der Waals surface area contributed by atoms with E-state index in [2.05, 4.69) is 38.3 Å². The maximum absolute atomic E-state index is 6.12. The molecule has 0 radical (unpaired) electrons. The van der Waals surface area contributed by atoms with Gasteiger partial charge in [-0.05, 0) is 25.0 Å². The predicted octanol–water partition coefficient (Wildman–Crippen LogP) is 2.57. The first-order valence-electron chi connectivity index (χ1n) is 8.36. The number of aromatic nitrogens is 3. The Hall–Kier alpha value is -2.60. The highest BCUT2D eigenvalue weighted by atomic mass is 16.5. The average molecular weight is 321 g/mol. The quantitative estimate of drug-likeness (QED) is 0.758. The monoisotopic (exact) mass is 321 g/mol. The first-order chi connectivity index (χ1) is 11.8. The van der Waals surface area contributed by atoms with Crippen LogP contribution in [-0.2, 0) is 4.74 Å². The van der Waals surface area contributed by atoms with Crippen LogP contribution >= 0.6 is 0 Å². The highest BCUT2D eigenvalue weighted by Gasteiger charge is 2.38. The van der Waals surface area contributed by atoms with Crippen LogP contribution in [0, 0.1) is 0 Å². The van der Waals surface area contributed by atoms with E-state index in [-0.39, 0.29) is 0 Å². The van der Waals surface area contributed by atoms with Crippen LogP contribution in [-0.4, -0.2) is 40.5 Å². The molecule has 2 bridgehead atoms. The minimum atomic E-state index is 0.445. The van der Waals surface area contributed by atoms with Gasteiger partial charge in [-0.2, -0.15) is 5.10 Å². The standard InChI is InChI=1S/C18H19N5O/c19-18-8-17(23-12-2-3-13(23)10-24-9-12)14-4-1-11(7-16(14)21-18)15-5-6-20-22-15/h1,4-8,12-13H,2-3,9-10H2,(H2,19,21)(H,20,22). The predicted molar refractivity (Wildman–Crippen MR) is 93.8 cm³/mol. The van der Waals surface area contributed by atoms with E-state index in [1.807, 2.05) is 12.1 Å². The molecule has 122 valence electrons. The lowest BCUT2D eigenvalue weighted by atomic mass is 10.1. The van der Waals surface area contributed by atoms with Crippen molar-refractivity contribution in [1.29, 1.82) is 0 Å². The Morgan fingerprint density at radius 1 is 1.12 bits per heavy atom. The van der Waals surface area contributed by atoms with Gasteiger partial charge in [0.2, 0.25) is 0 Å². The average Bonchev–Trinajstić information content (AvgIpc) is 3.20. The molecule has 4 heterocycles. The fourth-order valence-corrected chi connectivity index (χ4v) is 4.05. The Labute approximate surface area is 139 Å². The Morgan fingerprint density at radius 2 is 1.96 bits per heavy atom. The van der Waals surface area contributed by atoms with E-state index in [4.69, 9.17) is 10.5 Å². The summed E-state index contributed by atoms with van der Waals surface area (Å²) in [6.45, 7) is 1.60. The summed E-state index contributed by atoms with van der Waals surface area (Å²) in [5.41, 5.74) is 10.3. The van der Waals surface area contributed by atoms with E-state index in [0.29, 0.717) is 17.9 Å². The molecule has 5 rings (SSSR count). The molecule has 2 unspecified atom stereocenters. The second-order valence-corrected chi connectivity index (χ2v) is 6.60. The molecular formula is C18H19N5O. The molecule has 2 aromatic heterocycles. The molecule has 0 aliphatic carbocycles. The van der Waals surface area contributed by atoms with Gasteiger partial charge < -0.3 is 15.4 Å². The lowest BCUT2D eigenvalue weighted by molar-refractivity contribution is 0.0908. The van der Waals surface area contributed by atoms with Gasteiger partial charge >= 0.3 is 0 Å². The van der Waals surface area contributed by atoms with Gasteiger partial charge in [0.25, 0.3) is 0 Å². The number of ether oxygens (including phenoxy) is 1. The number of hydrogen-bond acceptors (Lipinski definition) is 5. The summed E-state index contributed by atoms with van der Waals surface area (Å²) in [5, 5.41) is 8.17. The smallest absolute Gasteiger partial charge is 0.126 e. The van der Waals surface area contributed by atoms with Crippen molar-refractivity contribution in [2.24, 2.45) is 0 Å². The third-order valence-corrected chi connectivity index (χ3v) is 5.14. The number of nitrogen functional groups attached to an aromatic ring is 1. The Morgan fingerprint density at radius 3 is 2.71 bits per heavy atom. The second kappa shape index (κ2) is 5.21. The summed E-state index contributed by atoms with van der Waals surface area (Å²) >= 11 is 0. The van der Waals surface area contributed by atoms with E-state index in [1.165, 1.54) is 18.5 Å². The third-order valence-electron chi connectivity index (χ3n) is 5.14. The zero-order valence-corrected chi connectivity index (χ0v) is 13.3. The van der Waals surface area contributed by atoms with Crippen molar-refractivity contribution in [3.8, 4) is 11.3 Å². The molecule has 2 aliphatic heterocycles. The van der Waals surface area contributed by atoms with E-state index < -0.39 is 0 Å². The fraction of sp³-hybridized carbons (Fsp3) is 0.333. The van der Waals surface area contributed by atoms with Crippen molar-refractivity contribution in [3.05, 3.63) is 36.5 Å². The van der Waals surface area contributed by atoms with Gasteiger partial charge in [-0.1, -0.05) is 12.1 Å². The van der Waals surface area contributed by atoms with Gasteiger partial charge in [-0.25, -0.2) is 4.98 Å². The molecule has 3 N–H and O–H groups in total. The minimum Gasteiger partial charge on any atom is -0.384 e. The molecule has 0 spiro atoms. The molecule has 0 amide bonds. The van der Waals surface area contributed by atoms with Crippen LogP contribution in [0.2, 0.25) is 0 Å². The normalized spacial score (nSPS) is 23.1. The molecule has 2 fully saturated rings. The highest BCUT2D eigenvalue weighted by Crippen LogP contribution is 2.39. The topological polar surface area (TPSA) is 80.1 Å². The maximum atomic E-state index is 6.12. The van der Waals surface area contributed by atoms with Crippen LogP contribution in [0.25, 0.3) is 22.2 Å². The lowest BCUT2D eigenvalue weighted by Crippen LogP contribution is -2.46. The Kier molecular flexibility index (Phi) is 2.99. The van der Waals surface area contributed by atoms with Crippen LogP contribution < -0.4 is 10.6 Å². The number of H-pyrrole nitrogens is 1. The molecule has 0 saturated carbocycles. The maximum Gasteiger partial charge on any atom is 0.126 e. The van der Waals surface area contributed by atoms with Crippen molar-refractivity contribution in [3.63, 3.8) is 0 Å². The number of anilines is 2. The van der Waals surface area contributed by atoms with Gasteiger partial charge in [0.05, 0.1) is 42.2 Å². The van der Waals surface area contributed by atoms with Crippen molar-refractivity contribution < 1.29 is 4.74 Å². The minimum absolute atomic E-state index is 0.445. The number of nitrogens with zero attached hydrogens (tertiary/aromatic N) is 3. The molecule has 1 aromatic carbocycles. The first-order valence-corrected chi connectivity index (χ1v) is 8.36. The zero-order chi connectivity index (χ0) is 16.1. The highest BCUT2D eigenvalue weighted by molar-refractivity contribution is 5.96. The van der Waals surface area contributed by atoms with Gasteiger partial charge in [0.1, 0.15) is 5.82 Å². The van der Waals surface area contributed by atoms with E-state index >= 15 is 0 Å². The largest absolute Gasteiger partial charge is 0.384 e. The number of hydrogen-bond donors (Lipinski definition) is 2. The van der Waals surface area contributed by atoms with Crippen molar-refractivity contribution in [2.75, 3.05) is 23.8 Å². The number of pyridine rings is 1. The summed E-state index contributed by atoms with van der Waals surface area (Å²) < 4.78 is 5.72. The molecule has 3 aromatic rings. The van der Waals surface area contributed by atoms with Crippen molar-refractivity contribution >= 4 is 22.4 Å². The van der Waals surface area contributed by atoms with E-state index in [0.717, 1.165) is 35.4 Å². The SMILES string of the molecule is Nc1cc(N2C3CCC2COC3)c2ccc(-c3ccn[nH]3)cc2n1. The number of aromatic amines is 1. The second-order valence-electron chi connectivity index (χ2n) is 6.60. The first kappa shape index (κ1) is 13.8. The summed E-state index contributed by atoms with van der Waals surface area (Å²) in [5.74, 6) is 0.560. The van der Waals surface area contributed by atoms with Crippen LogP contribution in [0.5, 0.6) is 0 Å². The number of fused-ring (bicyclic) bond motifs is 3. The zero-order valence-electron chi connectivity index (χ0n) is 13.3. The number of nitrogens with one attached hydrogen (secondary N) is 1. The van der Waals surface area contributed by atoms with Crippen LogP contribution in [0.15, 0.2) is 36.5 Å². The van der Waals surface area contributed by atoms with E-state index in [1.54, 1.807) is 6.20 Å². The Bertz CT molecular complexity index is 876. The van der Waals surface area contributed by atoms with Gasteiger partial charge in [0, 0.05) is 23.2 Å². The Balaban J connectivity index is 1.66. The molecular weight excluding hydrogens is 302 g/mol. The molecule has 24 heavy (non-hydrogen) atoms. The van der Waals surface area contributed by atoms with Crippen LogP contribution in [0.1, 0.15) is 12.8 Å². The summed E-state index contributed by atoms with van der Waals surface area (Å²) in [7, 11) is 0. The number of morpholine rings is 1. The fourth-order valence-electron chi connectivity index (χ4n) is 4.05. The van der Waals surface area contributed by atoms with Gasteiger partial charge in [-0.15, -0.1) is 0 Å². The number of rotatable bonds is 2. The number of benzene rings is 1. The summed E-state index contributed by atoms with van der Waals surface area (Å²) in [6.07, 6.45) is 4.12. The molecule has 2 atom stereocenters.